The summed E-state index contributed by atoms with van der Waals surface area (Å²) in [6.45, 7) is 9.26. The van der Waals surface area contributed by atoms with Crippen LogP contribution in [0.1, 0.15) is 56.6 Å². The smallest absolute Gasteiger partial charge is 0.229 e. The summed E-state index contributed by atoms with van der Waals surface area (Å²) >= 11 is 6.44. The van der Waals surface area contributed by atoms with Crippen LogP contribution < -0.4 is 15.4 Å². The predicted molar refractivity (Wildman–Crippen MR) is 162 cm³/mol. The Morgan fingerprint density at radius 1 is 1.10 bits per heavy atom. The monoisotopic (exact) mass is 615 g/mol. The van der Waals surface area contributed by atoms with Crippen molar-refractivity contribution in [2.45, 2.75) is 74.8 Å². The van der Waals surface area contributed by atoms with Crippen LogP contribution in [0.15, 0.2) is 29.6 Å². The molecule has 0 atom stereocenters. The van der Waals surface area contributed by atoms with Crippen molar-refractivity contribution in [3.05, 3.63) is 40.7 Å². The molecule has 1 aliphatic carbocycles. The number of sulfone groups is 1. The quantitative estimate of drug-likeness (QED) is 0.323. The second kappa shape index (κ2) is 11.6. The molecule has 0 bridgehead atoms. The fraction of sp³-hybridized carbons (Fsp3) is 0.552. The van der Waals surface area contributed by atoms with E-state index in [-0.39, 0.29) is 22.0 Å². The Balaban J connectivity index is 1.24. The maximum atomic E-state index is 12.9. The van der Waals surface area contributed by atoms with Gasteiger partial charge in [0.25, 0.3) is 0 Å². The Kier molecular flexibility index (Phi) is 8.07. The number of halogens is 1. The van der Waals surface area contributed by atoms with Crippen LogP contribution in [0.4, 0.5) is 23.1 Å². The van der Waals surface area contributed by atoms with E-state index >= 15 is 0 Å². The molecule has 42 heavy (non-hydrogen) atoms. The van der Waals surface area contributed by atoms with E-state index in [1.165, 1.54) is 22.0 Å². The van der Waals surface area contributed by atoms with E-state index in [4.69, 9.17) is 21.1 Å². The van der Waals surface area contributed by atoms with Gasteiger partial charge in [-0.15, -0.1) is 0 Å². The van der Waals surface area contributed by atoms with Crippen molar-refractivity contribution >= 4 is 44.6 Å². The van der Waals surface area contributed by atoms with Gasteiger partial charge < -0.3 is 20.1 Å². The minimum atomic E-state index is -3.64. The Morgan fingerprint density at radius 2 is 1.83 bits per heavy atom. The Hall–Kier alpha value is -2.93. The van der Waals surface area contributed by atoms with Gasteiger partial charge in [0.05, 0.1) is 48.2 Å². The number of aromatic nitrogens is 4. The lowest BCUT2D eigenvalue weighted by atomic mass is 9.86. The van der Waals surface area contributed by atoms with Crippen molar-refractivity contribution < 1.29 is 17.9 Å². The third-order valence-electron chi connectivity index (χ3n) is 8.22. The molecule has 0 amide bonds. The van der Waals surface area contributed by atoms with E-state index in [9.17, 15) is 8.42 Å². The Bertz CT molecular complexity index is 1560. The van der Waals surface area contributed by atoms with Crippen molar-refractivity contribution in [3.63, 3.8) is 0 Å². The second-order valence-electron chi connectivity index (χ2n) is 11.8. The fourth-order valence-electron chi connectivity index (χ4n) is 5.46. The Morgan fingerprint density at radius 3 is 2.48 bits per heavy atom. The lowest BCUT2D eigenvalue weighted by Gasteiger charge is -2.41. The zero-order chi connectivity index (χ0) is 29.6. The molecule has 3 aliphatic rings. The van der Waals surface area contributed by atoms with Gasteiger partial charge in [0.1, 0.15) is 10.8 Å². The molecule has 1 saturated carbocycles. The van der Waals surface area contributed by atoms with E-state index in [0.717, 1.165) is 63.4 Å². The van der Waals surface area contributed by atoms with Crippen LogP contribution in [0.2, 0.25) is 5.02 Å². The van der Waals surface area contributed by atoms with Gasteiger partial charge in [-0.3, -0.25) is 9.58 Å². The first-order chi connectivity index (χ1) is 20.1. The molecule has 2 aromatic heterocycles. The highest BCUT2D eigenvalue weighted by Crippen LogP contribution is 2.40. The molecule has 1 aromatic carbocycles. The summed E-state index contributed by atoms with van der Waals surface area (Å²) in [5, 5.41) is 10.1. The number of ether oxygens (including phenoxy) is 2. The van der Waals surface area contributed by atoms with Crippen molar-refractivity contribution in [1.82, 2.24) is 24.6 Å². The van der Waals surface area contributed by atoms with Gasteiger partial charge >= 0.3 is 0 Å². The Labute approximate surface area is 251 Å². The maximum Gasteiger partial charge on any atom is 0.229 e. The number of hydrogen-bond acceptors (Lipinski definition) is 10. The molecule has 0 spiro atoms. The van der Waals surface area contributed by atoms with Crippen molar-refractivity contribution in [2.24, 2.45) is 7.05 Å². The third-order valence-corrected chi connectivity index (χ3v) is 10.6. The number of nitrogens with one attached hydrogen (secondary N) is 2. The van der Waals surface area contributed by atoms with Crippen LogP contribution in [-0.2, 0) is 21.6 Å². The number of anilines is 4. The van der Waals surface area contributed by atoms with E-state index in [1.807, 2.05) is 0 Å². The fourth-order valence-corrected chi connectivity index (χ4v) is 6.70. The number of hydrogen-bond donors (Lipinski definition) is 2. The lowest BCUT2D eigenvalue weighted by molar-refractivity contribution is -0.0712. The number of nitrogens with zero attached hydrogens (tertiary/aromatic N) is 5. The summed E-state index contributed by atoms with van der Waals surface area (Å²) in [5.74, 6) is 1.85. The summed E-state index contributed by atoms with van der Waals surface area (Å²) in [6.07, 6.45) is 7.61. The first kappa shape index (κ1) is 29.2. The molecule has 0 radical (unpaired) electrons. The van der Waals surface area contributed by atoms with Gasteiger partial charge in [0.15, 0.2) is 5.82 Å². The molecule has 2 aliphatic heterocycles. The third kappa shape index (κ3) is 6.08. The normalized spacial score (nSPS) is 18.7. The average molecular weight is 616 g/mol. The molecule has 4 heterocycles. The van der Waals surface area contributed by atoms with Crippen LogP contribution in [0, 0.1) is 6.92 Å². The molecule has 0 unspecified atom stereocenters. The zero-order valence-electron chi connectivity index (χ0n) is 24.4. The van der Waals surface area contributed by atoms with Crippen LogP contribution in [0.3, 0.4) is 0 Å². The highest BCUT2D eigenvalue weighted by molar-refractivity contribution is 7.92. The number of benzene rings is 1. The molecular weight excluding hydrogens is 578 g/mol. The lowest BCUT2D eigenvalue weighted by Crippen LogP contribution is -2.51. The van der Waals surface area contributed by atoms with E-state index in [1.54, 1.807) is 27.1 Å². The number of aryl methyl sites for hydroxylation is 2. The molecule has 6 rings (SSSR count). The van der Waals surface area contributed by atoms with Gasteiger partial charge in [0, 0.05) is 13.2 Å². The molecule has 11 nitrogen and oxygen atoms in total. The van der Waals surface area contributed by atoms with Crippen LogP contribution in [0.25, 0.3) is 0 Å². The topological polar surface area (TPSA) is 124 Å². The highest BCUT2D eigenvalue weighted by Gasteiger charge is 2.32. The molecule has 2 saturated heterocycles. The predicted octanol–water partition coefficient (Wildman–Crippen LogP) is 4.96. The highest BCUT2D eigenvalue weighted by atomic mass is 35.5. The first-order valence-corrected chi connectivity index (χ1v) is 16.5. The molecular formula is C29H38ClN7O4S. The average Bonchev–Trinajstić information content (AvgIpc) is 3.66. The van der Waals surface area contributed by atoms with E-state index < -0.39 is 15.1 Å². The van der Waals surface area contributed by atoms with Gasteiger partial charge in [-0.1, -0.05) is 11.6 Å². The molecule has 3 aromatic rings. The number of likely N-dealkylation sites (tertiary alicyclic amines) is 1. The summed E-state index contributed by atoms with van der Waals surface area (Å²) in [4.78, 5) is 11.5. The van der Waals surface area contributed by atoms with Gasteiger partial charge in [-0.25, -0.2) is 13.4 Å². The standard InChI is InChI=1S/C29H38ClN7O4S/c1-17(2)42(38,39)28-25(14-36(4)35-28)32-27-23(30)13-31-29(34-27)33-24-11-18(3)22(12-26(24)41-21-5-6-21)19-7-9-37(10-8-19)20-15-40-16-20/h11-14,17,19-21H,5-10,15-16H2,1-4H3,(H2,31,32,33,34). The van der Waals surface area contributed by atoms with E-state index in [2.05, 4.69) is 49.7 Å². The van der Waals surface area contributed by atoms with Crippen molar-refractivity contribution in [2.75, 3.05) is 36.9 Å². The first-order valence-electron chi connectivity index (χ1n) is 14.6. The van der Waals surface area contributed by atoms with Gasteiger partial charge in [-0.2, -0.15) is 10.1 Å². The maximum absolute atomic E-state index is 12.9. The van der Waals surface area contributed by atoms with Crippen LogP contribution in [-0.4, -0.2) is 76.8 Å². The molecule has 3 fully saturated rings. The molecule has 2 N–H and O–H groups in total. The van der Waals surface area contributed by atoms with Crippen LogP contribution in [0.5, 0.6) is 5.75 Å². The SMILES string of the molecule is Cc1cc(Nc2ncc(Cl)c(Nc3cn(C)nc3S(=O)(=O)C(C)C)n2)c(OC2CC2)cc1C1CCN(C2COC2)CC1. The minimum absolute atomic E-state index is 0.0534. The van der Waals surface area contributed by atoms with Crippen LogP contribution >= 0.6 is 11.6 Å². The summed E-state index contributed by atoms with van der Waals surface area (Å²) < 4.78 is 39.0. The van der Waals surface area contributed by atoms with Gasteiger partial charge in [-0.05, 0) is 88.7 Å². The molecule has 226 valence electrons. The van der Waals surface area contributed by atoms with Gasteiger partial charge in [0.2, 0.25) is 20.8 Å². The zero-order valence-corrected chi connectivity index (χ0v) is 26.0. The van der Waals surface area contributed by atoms with E-state index in [0.29, 0.717) is 23.6 Å². The number of rotatable bonds is 10. The number of piperidine rings is 1. The largest absolute Gasteiger partial charge is 0.488 e. The second-order valence-corrected chi connectivity index (χ2v) is 14.6. The summed E-state index contributed by atoms with van der Waals surface area (Å²) in [7, 11) is -1.97. The van der Waals surface area contributed by atoms with Crippen molar-refractivity contribution in [3.8, 4) is 5.75 Å². The minimum Gasteiger partial charge on any atom is -0.488 e. The summed E-state index contributed by atoms with van der Waals surface area (Å²) in [6, 6.07) is 4.88. The molecule has 13 heteroatoms. The summed E-state index contributed by atoms with van der Waals surface area (Å²) in [5.41, 5.74) is 3.60. The van der Waals surface area contributed by atoms with Crippen molar-refractivity contribution in [1.29, 1.82) is 0 Å².